The maximum atomic E-state index is 11.4. The van der Waals surface area contributed by atoms with Gasteiger partial charge < -0.3 is 10.4 Å². The molecule has 5 nitrogen and oxygen atoms in total. The van der Waals surface area contributed by atoms with Crippen molar-refractivity contribution in [1.29, 1.82) is 0 Å². The maximum Gasteiger partial charge on any atom is 0.303 e. The Morgan fingerprint density at radius 2 is 2.16 bits per heavy atom. The van der Waals surface area contributed by atoms with Crippen LogP contribution < -0.4 is 15.9 Å². The number of hydrogen-bond donors (Lipinski definition) is 2. The molecule has 1 aromatic carbocycles. The van der Waals surface area contributed by atoms with E-state index in [4.69, 9.17) is 5.11 Å². The summed E-state index contributed by atoms with van der Waals surface area (Å²) in [6, 6.07) is 7.61. The molecule has 1 atom stereocenters. The van der Waals surface area contributed by atoms with Crippen molar-refractivity contribution in [3.05, 3.63) is 34.8 Å². The van der Waals surface area contributed by atoms with Crippen LogP contribution in [0.4, 0.5) is 0 Å². The number of benzene rings is 1. The van der Waals surface area contributed by atoms with Crippen LogP contribution in [-0.2, 0) is 9.59 Å². The number of carbonyl (C=O) groups excluding carboxylic acids is 1. The van der Waals surface area contributed by atoms with E-state index in [0.717, 1.165) is 10.6 Å². The van der Waals surface area contributed by atoms with E-state index in [2.05, 4.69) is 10.3 Å². The molecule has 1 unspecified atom stereocenters. The number of carboxylic acid groups (broad SMARTS) is 1. The number of carbonyl (C=O) groups is 2. The maximum absolute atomic E-state index is 11.4. The molecule has 0 aliphatic carbocycles. The Morgan fingerprint density at radius 1 is 1.42 bits per heavy atom. The van der Waals surface area contributed by atoms with Crippen molar-refractivity contribution in [3.63, 3.8) is 0 Å². The van der Waals surface area contributed by atoms with Crippen LogP contribution in [0, 0.1) is 0 Å². The van der Waals surface area contributed by atoms with Crippen molar-refractivity contribution in [2.45, 2.75) is 25.3 Å². The first-order valence-corrected chi connectivity index (χ1v) is 6.14. The molecule has 1 heterocycles. The second-order valence-corrected chi connectivity index (χ2v) is 4.75. The van der Waals surface area contributed by atoms with Crippen molar-refractivity contribution >= 4 is 18.0 Å². The first-order chi connectivity index (χ1) is 9.01. The van der Waals surface area contributed by atoms with Crippen molar-refractivity contribution in [2.75, 3.05) is 6.54 Å². The largest absolute Gasteiger partial charge is 0.481 e. The summed E-state index contributed by atoms with van der Waals surface area (Å²) in [7, 11) is 0. The van der Waals surface area contributed by atoms with Crippen molar-refractivity contribution in [1.82, 2.24) is 5.32 Å². The summed E-state index contributed by atoms with van der Waals surface area (Å²) in [5.41, 5.74) is -0.696. The monoisotopic (exact) mass is 260 g/mol. The Balaban J connectivity index is 2.38. The van der Waals surface area contributed by atoms with Crippen molar-refractivity contribution < 1.29 is 14.7 Å². The van der Waals surface area contributed by atoms with Crippen LogP contribution in [0.1, 0.15) is 19.8 Å². The lowest BCUT2D eigenvalue weighted by atomic mass is 9.90. The molecule has 0 radical (unpaired) electrons. The first-order valence-electron chi connectivity index (χ1n) is 6.14. The number of hydrogen-bond acceptors (Lipinski definition) is 3. The molecule has 0 aromatic heterocycles. The van der Waals surface area contributed by atoms with Gasteiger partial charge in [0.05, 0.1) is 17.4 Å². The van der Waals surface area contributed by atoms with Crippen LogP contribution in [0.25, 0.3) is 6.08 Å². The van der Waals surface area contributed by atoms with Gasteiger partial charge in [0, 0.05) is 13.3 Å². The topological polar surface area (TPSA) is 78.8 Å². The first kappa shape index (κ1) is 13.3. The molecule has 2 rings (SSSR count). The molecule has 19 heavy (non-hydrogen) atoms. The smallest absolute Gasteiger partial charge is 0.303 e. The molecule has 1 aliphatic heterocycles. The summed E-state index contributed by atoms with van der Waals surface area (Å²) < 4.78 is 0. The van der Waals surface area contributed by atoms with Gasteiger partial charge in [-0.15, -0.1) is 0 Å². The summed E-state index contributed by atoms with van der Waals surface area (Å²) in [6.07, 6.45) is 2.24. The number of fused-ring (bicyclic) bond motifs is 1. The van der Waals surface area contributed by atoms with Gasteiger partial charge in [-0.3, -0.25) is 14.6 Å². The number of nitrogens with zero attached hydrogens (tertiary/aromatic N) is 1. The summed E-state index contributed by atoms with van der Waals surface area (Å²) >= 11 is 0. The van der Waals surface area contributed by atoms with Crippen LogP contribution in [0.3, 0.4) is 0 Å². The SMILES string of the molecule is CC(=O)NC1(CCC(=O)O)C=c2ccccc2=NC1. The Bertz CT molecular complexity index is 624. The van der Waals surface area contributed by atoms with E-state index in [0.29, 0.717) is 13.0 Å². The Kier molecular flexibility index (Phi) is 3.64. The average molecular weight is 260 g/mol. The summed E-state index contributed by atoms with van der Waals surface area (Å²) in [6.45, 7) is 1.80. The summed E-state index contributed by atoms with van der Waals surface area (Å²) in [5.74, 6) is -1.06. The molecule has 2 N–H and O–H groups in total. The highest BCUT2D eigenvalue weighted by molar-refractivity contribution is 5.76. The van der Waals surface area contributed by atoms with Crippen LogP contribution in [0.15, 0.2) is 29.3 Å². The number of amides is 1. The van der Waals surface area contributed by atoms with E-state index in [-0.39, 0.29) is 12.3 Å². The molecule has 100 valence electrons. The molecule has 1 aromatic rings. The highest BCUT2D eigenvalue weighted by Gasteiger charge is 2.30. The van der Waals surface area contributed by atoms with Gasteiger partial charge in [-0.25, -0.2) is 0 Å². The Labute approximate surface area is 110 Å². The van der Waals surface area contributed by atoms with E-state index in [9.17, 15) is 9.59 Å². The van der Waals surface area contributed by atoms with Gasteiger partial charge in [0.2, 0.25) is 5.91 Å². The second kappa shape index (κ2) is 5.22. The Hall–Kier alpha value is -2.17. The molecule has 0 spiro atoms. The van der Waals surface area contributed by atoms with E-state index in [1.54, 1.807) is 0 Å². The zero-order chi connectivity index (χ0) is 13.9. The Morgan fingerprint density at radius 3 is 2.84 bits per heavy atom. The molecule has 0 fully saturated rings. The fraction of sp³-hybridized carbons (Fsp3) is 0.357. The lowest BCUT2D eigenvalue weighted by Gasteiger charge is -2.31. The number of nitrogens with one attached hydrogen (secondary N) is 1. The quantitative estimate of drug-likeness (QED) is 0.789. The lowest BCUT2D eigenvalue weighted by molar-refractivity contribution is -0.137. The molecular weight excluding hydrogens is 244 g/mol. The predicted molar refractivity (Wildman–Crippen MR) is 70.0 cm³/mol. The van der Waals surface area contributed by atoms with Crippen molar-refractivity contribution in [2.24, 2.45) is 4.99 Å². The van der Waals surface area contributed by atoms with Gasteiger partial charge in [-0.05, 0) is 23.8 Å². The lowest BCUT2D eigenvalue weighted by Crippen LogP contribution is -2.53. The number of aliphatic carboxylic acids is 1. The van der Waals surface area contributed by atoms with E-state index in [1.807, 2.05) is 30.3 Å². The van der Waals surface area contributed by atoms with Crippen LogP contribution in [-0.4, -0.2) is 29.1 Å². The highest BCUT2D eigenvalue weighted by Crippen LogP contribution is 2.17. The molecule has 0 saturated heterocycles. The van der Waals surface area contributed by atoms with Gasteiger partial charge >= 0.3 is 5.97 Å². The standard InChI is InChI=1S/C14H16N2O3/c1-10(17)16-14(7-6-13(18)19)8-11-4-2-3-5-12(11)15-9-14/h2-5,8H,6-7,9H2,1H3,(H,16,17)(H,18,19). The third kappa shape index (κ3) is 3.19. The number of carboxylic acids is 1. The zero-order valence-electron chi connectivity index (χ0n) is 10.7. The van der Waals surface area contributed by atoms with Gasteiger partial charge in [0.15, 0.2) is 0 Å². The fourth-order valence-electron chi connectivity index (χ4n) is 2.29. The minimum Gasteiger partial charge on any atom is -0.481 e. The number of para-hydroxylation sites is 1. The van der Waals surface area contributed by atoms with Gasteiger partial charge in [-0.1, -0.05) is 18.2 Å². The zero-order valence-corrected chi connectivity index (χ0v) is 10.7. The van der Waals surface area contributed by atoms with E-state index in [1.165, 1.54) is 6.92 Å². The molecule has 5 heteroatoms. The van der Waals surface area contributed by atoms with E-state index >= 15 is 0 Å². The highest BCUT2D eigenvalue weighted by atomic mass is 16.4. The third-order valence-corrected chi connectivity index (χ3v) is 3.11. The molecular formula is C14H16N2O3. The molecule has 0 bridgehead atoms. The van der Waals surface area contributed by atoms with Crippen LogP contribution in [0.2, 0.25) is 0 Å². The van der Waals surface area contributed by atoms with Crippen molar-refractivity contribution in [3.8, 4) is 0 Å². The summed E-state index contributed by atoms with van der Waals surface area (Å²) in [5, 5.41) is 13.5. The molecule has 1 aliphatic rings. The average Bonchev–Trinajstić information content (AvgIpc) is 2.36. The van der Waals surface area contributed by atoms with Crippen LogP contribution in [0.5, 0.6) is 0 Å². The van der Waals surface area contributed by atoms with Gasteiger partial charge in [-0.2, -0.15) is 0 Å². The number of rotatable bonds is 4. The third-order valence-electron chi connectivity index (χ3n) is 3.11. The van der Waals surface area contributed by atoms with Crippen LogP contribution >= 0.6 is 0 Å². The van der Waals surface area contributed by atoms with Gasteiger partial charge in [0.1, 0.15) is 0 Å². The molecule has 0 saturated carbocycles. The fourth-order valence-corrected chi connectivity index (χ4v) is 2.29. The normalized spacial score (nSPS) is 20.7. The minimum atomic E-state index is -0.878. The molecule has 1 amide bonds. The minimum absolute atomic E-state index is 0.00549. The summed E-state index contributed by atoms with van der Waals surface area (Å²) in [4.78, 5) is 26.6. The second-order valence-electron chi connectivity index (χ2n) is 4.75. The van der Waals surface area contributed by atoms with E-state index < -0.39 is 11.5 Å². The van der Waals surface area contributed by atoms with Gasteiger partial charge in [0.25, 0.3) is 0 Å². The predicted octanol–water partition coefficient (Wildman–Crippen LogP) is -0.160.